The Kier molecular flexibility index (Phi) is 5.01. The van der Waals surface area contributed by atoms with Crippen LogP contribution in [0.25, 0.3) is 21.2 Å². The second-order valence-corrected chi connectivity index (χ2v) is 7.65. The van der Waals surface area contributed by atoms with E-state index in [1.54, 1.807) is 17.4 Å². The standard InChI is InChI=1S/C21H22N2O3S/c1-14(24)22-6-7-23-8-9-26-21-16(12-23)10-15(11-19(21)25)18-13-27-20-5-3-2-4-17(18)20/h2-5,10-11,13,25H,6-9,12H2,1H3,(H,22,24). The van der Waals surface area contributed by atoms with Crippen molar-refractivity contribution in [1.29, 1.82) is 0 Å². The summed E-state index contributed by atoms with van der Waals surface area (Å²) in [5, 5.41) is 16.7. The van der Waals surface area contributed by atoms with Crippen LogP contribution in [0.1, 0.15) is 12.5 Å². The van der Waals surface area contributed by atoms with E-state index in [2.05, 4.69) is 33.8 Å². The largest absolute Gasteiger partial charge is 0.504 e. The fraction of sp³-hybridized carbons (Fsp3) is 0.286. The van der Waals surface area contributed by atoms with Gasteiger partial charge in [0.1, 0.15) is 6.61 Å². The highest BCUT2D eigenvalue weighted by atomic mass is 32.1. The molecule has 0 aliphatic carbocycles. The molecular formula is C21H22N2O3S. The number of phenols is 1. The molecule has 0 atom stereocenters. The molecule has 4 rings (SSSR count). The molecule has 2 aromatic carbocycles. The molecule has 140 valence electrons. The average molecular weight is 382 g/mol. The molecule has 0 saturated heterocycles. The number of benzene rings is 2. The third-order valence-corrected chi connectivity index (χ3v) is 5.75. The molecule has 1 amide bonds. The van der Waals surface area contributed by atoms with Crippen molar-refractivity contribution in [3.63, 3.8) is 0 Å². The number of nitrogens with zero attached hydrogens (tertiary/aromatic N) is 1. The zero-order chi connectivity index (χ0) is 18.8. The van der Waals surface area contributed by atoms with Gasteiger partial charge in [-0.25, -0.2) is 0 Å². The predicted molar refractivity (Wildman–Crippen MR) is 108 cm³/mol. The van der Waals surface area contributed by atoms with Crippen molar-refractivity contribution in [3.05, 3.63) is 47.3 Å². The molecule has 5 nitrogen and oxygen atoms in total. The Morgan fingerprint density at radius 2 is 2.19 bits per heavy atom. The number of hydrogen-bond acceptors (Lipinski definition) is 5. The molecule has 0 spiro atoms. The third-order valence-electron chi connectivity index (χ3n) is 4.79. The van der Waals surface area contributed by atoms with Gasteiger partial charge in [-0.15, -0.1) is 11.3 Å². The lowest BCUT2D eigenvalue weighted by Gasteiger charge is -2.19. The number of fused-ring (bicyclic) bond motifs is 2. The maximum absolute atomic E-state index is 11.1. The van der Waals surface area contributed by atoms with Crippen molar-refractivity contribution >= 4 is 27.3 Å². The van der Waals surface area contributed by atoms with E-state index in [0.717, 1.165) is 29.8 Å². The van der Waals surface area contributed by atoms with Gasteiger partial charge in [-0.3, -0.25) is 9.69 Å². The zero-order valence-corrected chi connectivity index (χ0v) is 16.0. The lowest BCUT2D eigenvalue weighted by atomic mass is 10.0. The number of thiophene rings is 1. The molecule has 0 fully saturated rings. The lowest BCUT2D eigenvalue weighted by Crippen LogP contribution is -2.34. The third kappa shape index (κ3) is 3.77. The number of aromatic hydroxyl groups is 1. The maximum Gasteiger partial charge on any atom is 0.216 e. The van der Waals surface area contributed by atoms with Crippen molar-refractivity contribution in [3.8, 4) is 22.6 Å². The molecule has 0 radical (unpaired) electrons. The summed E-state index contributed by atoms with van der Waals surface area (Å²) in [5.74, 6) is 0.729. The van der Waals surface area contributed by atoms with Crippen LogP contribution in [0.5, 0.6) is 11.5 Å². The normalized spacial score (nSPS) is 14.4. The van der Waals surface area contributed by atoms with E-state index < -0.39 is 0 Å². The van der Waals surface area contributed by atoms with E-state index in [9.17, 15) is 9.90 Å². The molecule has 1 aromatic heterocycles. The summed E-state index contributed by atoms with van der Waals surface area (Å²) >= 11 is 1.71. The van der Waals surface area contributed by atoms with E-state index in [0.29, 0.717) is 25.4 Å². The number of nitrogens with one attached hydrogen (secondary N) is 1. The minimum atomic E-state index is -0.0225. The first-order valence-electron chi connectivity index (χ1n) is 9.04. The van der Waals surface area contributed by atoms with Crippen LogP contribution in [0.3, 0.4) is 0 Å². The van der Waals surface area contributed by atoms with E-state index in [4.69, 9.17) is 4.74 Å². The van der Waals surface area contributed by atoms with Crippen LogP contribution in [0.15, 0.2) is 41.8 Å². The molecule has 27 heavy (non-hydrogen) atoms. The van der Waals surface area contributed by atoms with Gasteiger partial charge >= 0.3 is 0 Å². The first-order chi connectivity index (χ1) is 13.1. The van der Waals surface area contributed by atoms with Gasteiger partial charge in [-0.2, -0.15) is 0 Å². The summed E-state index contributed by atoms with van der Waals surface area (Å²) in [6.45, 7) is 4.82. The highest BCUT2D eigenvalue weighted by Crippen LogP contribution is 2.41. The van der Waals surface area contributed by atoms with E-state index in [1.165, 1.54) is 17.0 Å². The Balaban J connectivity index is 1.65. The number of ether oxygens (including phenoxy) is 1. The monoisotopic (exact) mass is 382 g/mol. The Labute approximate surface area is 162 Å². The minimum Gasteiger partial charge on any atom is -0.504 e. The molecule has 3 aromatic rings. The molecule has 6 heteroatoms. The van der Waals surface area contributed by atoms with Crippen LogP contribution in [-0.2, 0) is 11.3 Å². The lowest BCUT2D eigenvalue weighted by molar-refractivity contribution is -0.119. The van der Waals surface area contributed by atoms with Crippen molar-refractivity contribution in [2.24, 2.45) is 0 Å². The van der Waals surface area contributed by atoms with Gasteiger partial charge < -0.3 is 15.2 Å². The van der Waals surface area contributed by atoms with Crippen LogP contribution in [0, 0.1) is 0 Å². The van der Waals surface area contributed by atoms with Gasteiger partial charge in [-0.1, -0.05) is 18.2 Å². The highest BCUT2D eigenvalue weighted by Gasteiger charge is 2.20. The van der Waals surface area contributed by atoms with Gasteiger partial charge in [0, 0.05) is 54.3 Å². The fourth-order valence-electron chi connectivity index (χ4n) is 3.49. The number of carbonyl (C=O) groups is 1. The smallest absolute Gasteiger partial charge is 0.216 e. The summed E-state index contributed by atoms with van der Waals surface area (Å²) in [6, 6.07) is 12.2. The number of phenolic OH excluding ortho intramolecular Hbond substituents is 1. The van der Waals surface area contributed by atoms with Gasteiger partial charge in [0.05, 0.1) is 0 Å². The maximum atomic E-state index is 11.1. The quantitative estimate of drug-likeness (QED) is 0.724. The number of amides is 1. The summed E-state index contributed by atoms with van der Waals surface area (Å²) in [5.41, 5.74) is 3.10. The van der Waals surface area contributed by atoms with Crippen LogP contribution < -0.4 is 10.1 Å². The van der Waals surface area contributed by atoms with Gasteiger partial charge in [0.2, 0.25) is 5.91 Å². The summed E-state index contributed by atoms with van der Waals surface area (Å²) < 4.78 is 7.05. The van der Waals surface area contributed by atoms with E-state index in [-0.39, 0.29) is 11.7 Å². The molecule has 1 aliphatic heterocycles. The molecule has 1 aliphatic rings. The van der Waals surface area contributed by atoms with Crippen LogP contribution >= 0.6 is 11.3 Å². The van der Waals surface area contributed by atoms with Crippen LogP contribution in [0.4, 0.5) is 0 Å². The molecule has 2 N–H and O–H groups in total. The zero-order valence-electron chi connectivity index (χ0n) is 15.2. The first-order valence-corrected chi connectivity index (χ1v) is 9.92. The fourth-order valence-corrected chi connectivity index (χ4v) is 4.46. The number of hydrogen-bond donors (Lipinski definition) is 2. The van der Waals surface area contributed by atoms with Crippen molar-refractivity contribution in [2.75, 3.05) is 26.2 Å². The van der Waals surface area contributed by atoms with Crippen LogP contribution in [-0.4, -0.2) is 42.2 Å². The Hall–Kier alpha value is -2.57. The second-order valence-electron chi connectivity index (χ2n) is 6.74. The second kappa shape index (κ2) is 7.58. The number of carbonyl (C=O) groups excluding carboxylic acids is 1. The molecular weight excluding hydrogens is 360 g/mol. The van der Waals surface area contributed by atoms with Crippen molar-refractivity contribution in [1.82, 2.24) is 10.2 Å². The topological polar surface area (TPSA) is 61.8 Å². The van der Waals surface area contributed by atoms with E-state index >= 15 is 0 Å². The van der Waals surface area contributed by atoms with Crippen molar-refractivity contribution < 1.29 is 14.6 Å². The van der Waals surface area contributed by atoms with E-state index in [1.807, 2.05) is 12.1 Å². The Morgan fingerprint density at radius 3 is 3.04 bits per heavy atom. The van der Waals surface area contributed by atoms with Gasteiger partial charge in [0.25, 0.3) is 0 Å². The Bertz CT molecular complexity index is 983. The molecule has 0 bridgehead atoms. The number of rotatable bonds is 4. The summed E-state index contributed by atoms with van der Waals surface area (Å²) in [4.78, 5) is 13.3. The summed E-state index contributed by atoms with van der Waals surface area (Å²) in [7, 11) is 0. The molecule has 0 unspecified atom stereocenters. The summed E-state index contributed by atoms with van der Waals surface area (Å²) in [6.07, 6.45) is 0. The Morgan fingerprint density at radius 1 is 1.33 bits per heavy atom. The molecule has 2 heterocycles. The first kappa shape index (κ1) is 17.8. The van der Waals surface area contributed by atoms with Crippen molar-refractivity contribution in [2.45, 2.75) is 13.5 Å². The van der Waals surface area contributed by atoms with Crippen LogP contribution in [0.2, 0.25) is 0 Å². The van der Waals surface area contributed by atoms with Gasteiger partial charge in [0.15, 0.2) is 11.5 Å². The average Bonchev–Trinajstić information content (AvgIpc) is 2.96. The SMILES string of the molecule is CC(=O)NCCN1CCOc2c(O)cc(-c3csc4ccccc34)cc2C1. The predicted octanol–water partition coefficient (Wildman–Crippen LogP) is 3.60. The molecule has 0 saturated carbocycles. The minimum absolute atomic E-state index is 0.0225. The highest BCUT2D eigenvalue weighted by molar-refractivity contribution is 7.17. The van der Waals surface area contributed by atoms with Gasteiger partial charge in [-0.05, 0) is 29.1 Å².